The van der Waals surface area contributed by atoms with Gasteiger partial charge in [-0.3, -0.25) is 9.59 Å². The van der Waals surface area contributed by atoms with Gasteiger partial charge < -0.3 is 19.3 Å². The van der Waals surface area contributed by atoms with E-state index in [2.05, 4.69) is 5.16 Å². The number of carbonyl (C=O) groups is 2. The molecule has 1 aromatic heterocycles. The van der Waals surface area contributed by atoms with Gasteiger partial charge in [0.05, 0.1) is 5.41 Å². The molecule has 1 atom stereocenters. The molecule has 116 valence electrons. The Balaban J connectivity index is 1.91. The lowest BCUT2D eigenvalue weighted by molar-refractivity contribution is -0.149. The maximum Gasteiger partial charge on any atom is 0.311 e. The highest BCUT2D eigenvalue weighted by molar-refractivity contribution is 5.81. The van der Waals surface area contributed by atoms with Crippen molar-refractivity contribution in [3.8, 4) is 5.88 Å². The van der Waals surface area contributed by atoms with Crippen LogP contribution in [0.3, 0.4) is 0 Å². The molecule has 1 saturated heterocycles. The van der Waals surface area contributed by atoms with Crippen molar-refractivity contribution in [1.82, 2.24) is 10.1 Å². The molecule has 0 saturated carbocycles. The van der Waals surface area contributed by atoms with Gasteiger partial charge in [-0.25, -0.2) is 0 Å². The lowest BCUT2D eigenvalue weighted by Crippen LogP contribution is -2.38. The van der Waals surface area contributed by atoms with Crippen LogP contribution in [0, 0.1) is 12.3 Å². The van der Waals surface area contributed by atoms with Crippen LogP contribution in [0.1, 0.15) is 31.9 Å². The molecule has 1 aliphatic heterocycles. The van der Waals surface area contributed by atoms with Crippen molar-refractivity contribution in [3.05, 3.63) is 11.8 Å². The van der Waals surface area contributed by atoms with E-state index in [9.17, 15) is 14.7 Å². The number of rotatable bonds is 6. The van der Waals surface area contributed by atoms with Gasteiger partial charge in [0.25, 0.3) is 11.8 Å². The fourth-order valence-electron chi connectivity index (χ4n) is 2.69. The van der Waals surface area contributed by atoms with Crippen molar-refractivity contribution in [1.29, 1.82) is 0 Å². The van der Waals surface area contributed by atoms with Gasteiger partial charge in [0, 0.05) is 19.2 Å². The number of amides is 1. The number of hydrogen-bond acceptors (Lipinski definition) is 5. The first-order chi connectivity index (χ1) is 9.97. The van der Waals surface area contributed by atoms with Crippen molar-refractivity contribution < 1.29 is 24.0 Å². The van der Waals surface area contributed by atoms with E-state index in [0.29, 0.717) is 25.1 Å². The van der Waals surface area contributed by atoms with Crippen molar-refractivity contribution >= 4 is 11.9 Å². The summed E-state index contributed by atoms with van der Waals surface area (Å²) in [6.07, 6.45) is 1.85. The average Bonchev–Trinajstić information content (AvgIpc) is 3.04. The van der Waals surface area contributed by atoms with Crippen molar-refractivity contribution in [3.63, 3.8) is 0 Å². The van der Waals surface area contributed by atoms with Crippen LogP contribution in [-0.2, 0) is 9.59 Å². The summed E-state index contributed by atoms with van der Waals surface area (Å²) in [6.45, 7) is 4.22. The van der Waals surface area contributed by atoms with Crippen molar-refractivity contribution in [2.75, 3.05) is 19.7 Å². The minimum atomic E-state index is -0.826. The number of nitrogens with zero attached hydrogens (tertiary/aromatic N) is 2. The van der Waals surface area contributed by atoms with Gasteiger partial charge in [0.1, 0.15) is 5.76 Å². The number of aliphatic carboxylic acids is 1. The molecule has 1 aliphatic rings. The van der Waals surface area contributed by atoms with E-state index in [1.165, 1.54) is 0 Å². The zero-order valence-electron chi connectivity index (χ0n) is 12.3. The van der Waals surface area contributed by atoms with Crippen LogP contribution in [-0.4, -0.2) is 46.7 Å². The monoisotopic (exact) mass is 296 g/mol. The van der Waals surface area contributed by atoms with E-state index in [1.807, 2.05) is 6.92 Å². The van der Waals surface area contributed by atoms with Gasteiger partial charge in [-0.1, -0.05) is 13.3 Å². The summed E-state index contributed by atoms with van der Waals surface area (Å²) in [7, 11) is 0. The Morgan fingerprint density at radius 3 is 2.90 bits per heavy atom. The average molecular weight is 296 g/mol. The summed E-state index contributed by atoms with van der Waals surface area (Å²) in [5.74, 6) is -0.188. The fourth-order valence-corrected chi connectivity index (χ4v) is 2.69. The second-order valence-electron chi connectivity index (χ2n) is 5.47. The molecule has 7 nitrogen and oxygen atoms in total. The first-order valence-electron chi connectivity index (χ1n) is 7.04. The van der Waals surface area contributed by atoms with Crippen LogP contribution in [0.2, 0.25) is 0 Å². The maximum atomic E-state index is 12.1. The Morgan fingerprint density at radius 1 is 1.57 bits per heavy atom. The molecule has 0 radical (unpaired) electrons. The summed E-state index contributed by atoms with van der Waals surface area (Å²) >= 11 is 0. The molecule has 2 heterocycles. The Morgan fingerprint density at radius 2 is 2.33 bits per heavy atom. The lowest BCUT2D eigenvalue weighted by Gasteiger charge is -2.24. The smallest absolute Gasteiger partial charge is 0.311 e. The Bertz CT molecular complexity index is 527. The van der Waals surface area contributed by atoms with Crippen molar-refractivity contribution in [2.45, 2.75) is 33.1 Å². The molecular weight excluding hydrogens is 276 g/mol. The summed E-state index contributed by atoms with van der Waals surface area (Å²) < 4.78 is 10.1. The fraction of sp³-hybridized carbons (Fsp3) is 0.643. The van der Waals surface area contributed by atoms with E-state index in [4.69, 9.17) is 9.26 Å². The third-order valence-electron chi connectivity index (χ3n) is 3.84. The number of ether oxygens (including phenoxy) is 1. The SMILES string of the molecule is CCCC1(C(=O)O)CCN(C(=O)COc2cc(C)on2)C1. The Kier molecular flexibility index (Phi) is 4.50. The lowest BCUT2D eigenvalue weighted by atomic mass is 9.83. The van der Waals surface area contributed by atoms with Crippen LogP contribution in [0.5, 0.6) is 5.88 Å². The first-order valence-corrected chi connectivity index (χ1v) is 7.04. The zero-order chi connectivity index (χ0) is 15.5. The molecule has 7 heteroatoms. The minimum Gasteiger partial charge on any atom is -0.481 e. The third kappa shape index (κ3) is 3.34. The van der Waals surface area contributed by atoms with Gasteiger partial charge in [0.2, 0.25) is 0 Å². The van der Waals surface area contributed by atoms with Crippen LogP contribution < -0.4 is 4.74 Å². The van der Waals surface area contributed by atoms with Gasteiger partial charge in [-0.05, 0) is 24.9 Å². The molecule has 21 heavy (non-hydrogen) atoms. The van der Waals surface area contributed by atoms with E-state index >= 15 is 0 Å². The summed E-state index contributed by atoms with van der Waals surface area (Å²) in [6, 6.07) is 1.59. The number of carbonyl (C=O) groups excluding carboxylic acids is 1. The van der Waals surface area contributed by atoms with Crippen molar-refractivity contribution in [2.24, 2.45) is 5.41 Å². The predicted molar refractivity (Wildman–Crippen MR) is 72.9 cm³/mol. The number of carboxylic acids is 1. The molecule has 0 aliphatic carbocycles. The minimum absolute atomic E-state index is 0.159. The third-order valence-corrected chi connectivity index (χ3v) is 3.84. The standard InChI is InChI=1S/C14H20N2O5/c1-3-4-14(13(18)19)5-6-16(9-14)12(17)8-20-11-7-10(2)21-15-11/h7H,3-6,8-9H2,1-2H3,(H,18,19). The molecule has 1 amide bonds. The molecule has 1 aromatic rings. The summed E-state index contributed by atoms with van der Waals surface area (Å²) in [4.78, 5) is 25.1. The van der Waals surface area contributed by atoms with Gasteiger partial charge >= 0.3 is 5.97 Å². The molecule has 1 N–H and O–H groups in total. The quantitative estimate of drug-likeness (QED) is 0.854. The van der Waals surface area contributed by atoms with Crippen LogP contribution in [0.4, 0.5) is 0 Å². The Labute approximate surface area is 122 Å². The van der Waals surface area contributed by atoms with Gasteiger partial charge in [-0.15, -0.1) is 0 Å². The molecule has 0 aromatic carbocycles. The zero-order valence-corrected chi connectivity index (χ0v) is 12.3. The normalized spacial score (nSPS) is 21.5. The maximum absolute atomic E-state index is 12.1. The van der Waals surface area contributed by atoms with Crippen LogP contribution in [0.15, 0.2) is 10.6 Å². The predicted octanol–water partition coefficient (Wildman–Crippen LogP) is 1.47. The molecule has 2 rings (SSSR count). The number of carboxylic acid groups (broad SMARTS) is 1. The molecule has 1 fully saturated rings. The number of aromatic nitrogens is 1. The second kappa shape index (κ2) is 6.15. The topological polar surface area (TPSA) is 92.9 Å². The largest absolute Gasteiger partial charge is 0.481 e. The van der Waals surface area contributed by atoms with Crippen LogP contribution >= 0.6 is 0 Å². The summed E-state index contributed by atoms with van der Waals surface area (Å²) in [5, 5.41) is 13.1. The molecule has 1 unspecified atom stereocenters. The number of aryl methyl sites for hydroxylation is 1. The Hall–Kier alpha value is -2.05. The number of hydrogen-bond donors (Lipinski definition) is 1. The number of likely N-dealkylation sites (tertiary alicyclic amines) is 1. The molecule has 0 bridgehead atoms. The van der Waals surface area contributed by atoms with E-state index in [1.54, 1.807) is 17.9 Å². The highest BCUT2D eigenvalue weighted by Gasteiger charge is 2.45. The van der Waals surface area contributed by atoms with Gasteiger partial charge in [-0.2, -0.15) is 0 Å². The van der Waals surface area contributed by atoms with E-state index in [-0.39, 0.29) is 24.9 Å². The highest BCUT2D eigenvalue weighted by atomic mass is 16.5. The van der Waals surface area contributed by atoms with E-state index < -0.39 is 11.4 Å². The first kappa shape index (κ1) is 15.3. The van der Waals surface area contributed by atoms with Gasteiger partial charge in [0.15, 0.2) is 6.61 Å². The molecule has 0 spiro atoms. The molecular formula is C14H20N2O5. The van der Waals surface area contributed by atoms with Crippen LogP contribution in [0.25, 0.3) is 0 Å². The van der Waals surface area contributed by atoms with E-state index in [0.717, 1.165) is 6.42 Å². The summed E-state index contributed by atoms with van der Waals surface area (Å²) in [5.41, 5.74) is -0.811. The highest BCUT2D eigenvalue weighted by Crippen LogP contribution is 2.35. The second-order valence-corrected chi connectivity index (χ2v) is 5.47.